The van der Waals surface area contributed by atoms with Crippen LogP contribution >= 0.6 is 11.6 Å². The third-order valence-corrected chi connectivity index (χ3v) is 8.11. The molecule has 11 heteroatoms. The second kappa shape index (κ2) is 8.44. The topological polar surface area (TPSA) is 95.1 Å². The van der Waals surface area contributed by atoms with Gasteiger partial charge in [0.15, 0.2) is 9.84 Å². The van der Waals surface area contributed by atoms with Crippen molar-refractivity contribution < 1.29 is 21.6 Å². The maximum Gasteiger partial charge on any atom is 0.282 e. The van der Waals surface area contributed by atoms with E-state index in [0.717, 1.165) is 6.26 Å². The molecule has 1 fully saturated rings. The minimum absolute atomic E-state index is 0.0120. The molecule has 8 nitrogen and oxygen atoms in total. The number of carbonyl (C=O) groups excluding carboxylic acids is 1. The van der Waals surface area contributed by atoms with Crippen molar-refractivity contribution in [1.29, 1.82) is 0 Å². The summed E-state index contributed by atoms with van der Waals surface area (Å²) in [5.41, 5.74) is 0.0969. The average molecular weight is 438 g/mol. The van der Waals surface area contributed by atoms with E-state index in [-0.39, 0.29) is 41.7 Å². The van der Waals surface area contributed by atoms with Gasteiger partial charge in [-0.25, -0.2) is 8.42 Å². The van der Waals surface area contributed by atoms with Crippen LogP contribution < -0.4 is 0 Å². The number of sulfone groups is 1. The fourth-order valence-corrected chi connectivity index (χ4v) is 5.35. The first-order valence-corrected chi connectivity index (χ1v) is 12.2. The molecule has 1 heterocycles. The Kier molecular flexibility index (Phi) is 6.91. The maximum atomic E-state index is 12.8. The van der Waals surface area contributed by atoms with Gasteiger partial charge < -0.3 is 4.90 Å². The first-order chi connectivity index (χ1) is 12.5. The van der Waals surface area contributed by atoms with E-state index in [4.69, 9.17) is 11.6 Å². The smallest absolute Gasteiger partial charge is 0.282 e. The molecule has 1 aliphatic rings. The lowest BCUT2D eigenvalue weighted by Gasteiger charge is -2.36. The monoisotopic (exact) mass is 437 g/mol. The van der Waals surface area contributed by atoms with E-state index >= 15 is 0 Å². The molecular formula is C16H24ClN3O5S2. The van der Waals surface area contributed by atoms with E-state index in [9.17, 15) is 21.6 Å². The highest BCUT2D eigenvalue weighted by Gasteiger charge is 2.32. The molecule has 0 radical (unpaired) electrons. The van der Waals surface area contributed by atoms with Gasteiger partial charge in [-0.15, -0.1) is 0 Å². The molecule has 0 atom stereocenters. The van der Waals surface area contributed by atoms with Gasteiger partial charge in [0.05, 0.1) is 15.5 Å². The predicted octanol–water partition coefficient (Wildman–Crippen LogP) is 1.09. The molecule has 1 amide bonds. The van der Waals surface area contributed by atoms with Crippen LogP contribution in [-0.4, -0.2) is 81.8 Å². The lowest BCUT2D eigenvalue weighted by Crippen LogP contribution is -2.54. The molecule has 0 unspecified atom stereocenters. The second-order valence-electron chi connectivity index (χ2n) is 6.20. The van der Waals surface area contributed by atoms with Crippen molar-refractivity contribution in [2.24, 2.45) is 0 Å². The van der Waals surface area contributed by atoms with E-state index in [0.29, 0.717) is 13.1 Å². The highest BCUT2D eigenvalue weighted by molar-refractivity contribution is 7.90. The molecule has 0 bridgehead atoms. The molecule has 0 N–H and O–H groups in total. The van der Waals surface area contributed by atoms with E-state index in [1.54, 1.807) is 13.8 Å². The lowest BCUT2D eigenvalue weighted by atomic mass is 10.2. The predicted molar refractivity (Wildman–Crippen MR) is 104 cm³/mol. The number of piperazine rings is 1. The van der Waals surface area contributed by atoms with E-state index in [1.165, 1.54) is 31.7 Å². The highest BCUT2D eigenvalue weighted by Crippen LogP contribution is 2.23. The summed E-state index contributed by atoms with van der Waals surface area (Å²) in [4.78, 5) is 14.3. The Morgan fingerprint density at radius 2 is 1.63 bits per heavy atom. The summed E-state index contributed by atoms with van der Waals surface area (Å²) in [6, 6.07) is 3.99. The Morgan fingerprint density at radius 3 is 2.11 bits per heavy atom. The van der Waals surface area contributed by atoms with E-state index in [1.807, 2.05) is 0 Å². The molecule has 0 aliphatic carbocycles. The number of halogens is 1. The van der Waals surface area contributed by atoms with Crippen molar-refractivity contribution in [1.82, 2.24) is 13.5 Å². The van der Waals surface area contributed by atoms with Crippen LogP contribution in [0.15, 0.2) is 23.1 Å². The van der Waals surface area contributed by atoms with Gasteiger partial charge in [0.2, 0.25) is 0 Å². The zero-order valence-corrected chi connectivity index (χ0v) is 17.9. The Bertz CT molecular complexity index is 906. The van der Waals surface area contributed by atoms with E-state index < -0.39 is 26.0 Å². The molecule has 152 valence electrons. The zero-order valence-electron chi connectivity index (χ0n) is 15.6. The molecule has 2 rings (SSSR count). The van der Waals surface area contributed by atoms with Crippen molar-refractivity contribution in [2.45, 2.75) is 18.7 Å². The number of hydrogen-bond donors (Lipinski definition) is 0. The molecule has 0 spiro atoms. The van der Waals surface area contributed by atoms with Gasteiger partial charge in [0.1, 0.15) is 0 Å². The van der Waals surface area contributed by atoms with Gasteiger partial charge in [0, 0.05) is 45.5 Å². The molecule has 1 aromatic carbocycles. The van der Waals surface area contributed by atoms with Crippen molar-refractivity contribution in [3.63, 3.8) is 0 Å². The Morgan fingerprint density at radius 1 is 1.07 bits per heavy atom. The van der Waals surface area contributed by atoms with Gasteiger partial charge in [-0.1, -0.05) is 25.4 Å². The number of amides is 1. The SMILES string of the molecule is CCN(CC)S(=O)(=O)N1CCN(C(=O)c2cc(S(C)(=O)=O)ccc2Cl)CC1. The Hall–Kier alpha value is -1.20. The van der Waals surface area contributed by atoms with Gasteiger partial charge in [-0.3, -0.25) is 4.79 Å². The van der Waals surface area contributed by atoms with Gasteiger partial charge in [-0.05, 0) is 18.2 Å². The molecular weight excluding hydrogens is 414 g/mol. The fraction of sp³-hybridized carbons (Fsp3) is 0.562. The van der Waals surface area contributed by atoms with Crippen LogP contribution in [0.5, 0.6) is 0 Å². The van der Waals surface area contributed by atoms with Crippen molar-refractivity contribution in [2.75, 3.05) is 45.5 Å². The minimum atomic E-state index is -3.55. The second-order valence-corrected chi connectivity index (χ2v) is 10.5. The molecule has 0 saturated carbocycles. The number of rotatable bonds is 6. The normalized spacial score (nSPS) is 16.7. The van der Waals surface area contributed by atoms with Crippen LogP contribution in [0.1, 0.15) is 24.2 Å². The largest absolute Gasteiger partial charge is 0.336 e. The van der Waals surface area contributed by atoms with Crippen LogP contribution in [0.25, 0.3) is 0 Å². The number of hydrogen-bond acceptors (Lipinski definition) is 5. The summed E-state index contributed by atoms with van der Waals surface area (Å²) in [5, 5.41) is 0.158. The lowest BCUT2D eigenvalue weighted by molar-refractivity contribution is 0.0694. The number of carbonyl (C=O) groups is 1. The summed E-state index contributed by atoms with van der Waals surface area (Å²) in [6.45, 7) is 5.08. The standard InChI is InChI=1S/C16H24ClN3O5S2/c1-4-19(5-2)27(24,25)20-10-8-18(9-11-20)16(21)14-12-13(26(3,22)23)6-7-15(14)17/h6-7,12H,4-5,8-11H2,1-3H3. The molecule has 0 aromatic heterocycles. The first-order valence-electron chi connectivity index (χ1n) is 8.56. The number of benzene rings is 1. The quantitative estimate of drug-likeness (QED) is 0.663. The summed E-state index contributed by atoms with van der Waals surface area (Å²) in [6.07, 6.45) is 1.06. The van der Waals surface area contributed by atoms with Crippen LogP contribution in [0, 0.1) is 0 Å². The van der Waals surface area contributed by atoms with Crippen molar-refractivity contribution in [3.8, 4) is 0 Å². The van der Waals surface area contributed by atoms with Crippen LogP contribution in [-0.2, 0) is 20.0 Å². The minimum Gasteiger partial charge on any atom is -0.336 e. The summed E-state index contributed by atoms with van der Waals surface area (Å²) in [5.74, 6) is -0.412. The van der Waals surface area contributed by atoms with Crippen molar-refractivity contribution >= 4 is 37.6 Å². The van der Waals surface area contributed by atoms with Gasteiger partial charge in [0.25, 0.3) is 16.1 Å². The average Bonchev–Trinajstić information content (AvgIpc) is 2.61. The first kappa shape index (κ1) is 22.1. The Labute approximate surface area is 165 Å². The third kappa shape index (κ3) is 4.80. The summed E-state index contributed by atoms with van der Waals surface area (Å²) in [7, 11) is -7.02. The highest BCUT2D eigenvalue weighted by atomic mass is 35.5. The number of nitrogens with zero attached hydrogens (tertiary/aromatic N) is 3. The third-order valence-electron chi connectivity index (χ3n) is 4.48. The molecule has 27 heavy (non-hydrogen) atoms. The zero-order chi connectivity index (χ0) is 20.4. The molecule has 1 saturated heterocycles. The van der Waals surface area contributed by atoms with Gasteiger partial charge in [-0.2, -0.15) is 17.0 Å². The van der Waals surface area contributed by atoms with Crippen molar-refractivity contribution in [3.05, 3.63) is 28.8 Å². The fourth-order valence-electron chi connectivity index (χ4n) is 2.90. The Balaban J connectivity index is 2.16. The van der Waals surface area contributed by atoms with Crippen LogP contribution in [0.2, 0.25) is 5.02 Å². The van der Waals surface area contributed by atoms with Crippen LogP contribution in [0.3, 0.4) is 0 Å². The van der Waals surface area contributed by atoms with Gasteiger partial charge >= 0.3 is 0 Å². The summed E-state index contributed by atoms with van der Waals surface area (Å²) < 4.78 is 51.3. The van der Waals surface area contributed by atoms with Crippen LogP contribution in [0.4, 0.5) is 0 Å². The maximum absolute atomic E-state index is 12.8. The molecule has 1 aromatic rings. The summed E-state index contributed by atoms with van der Waals surface area (Å²) >= 11 is 6.09. The van der Waals surface area contributed by atoms with E-state index in [2.05, 4.69) is 0 Å². The molecule has 1 aliphatic heterocycles.